The molecule has 2 saturated carbocycles. The van der Waals surface area contributed by atoms with Gasteiger partial charge in [-0.2, -0.15) is 0 Å². The van der Waals surface area contributed by atoms with Crippen molar-refractivity contribution in [1.29, 1.82) is 0 Å². The van der Waals surface area contributed by atoms with E-state index < -0.39 is 0 Å². The van der Waals surface area contributed by atoms with Gasteiger partial charge < -0.3 is 5.32 Å². The van der Waals surface area contributed by atoms with E-state index in [1.54, 1.807) is 18.2 Å². The maximum absolute atomic E-state index is 12.2. The SMILES string of the molecule is O=C(Nc1ccc(Cl)cc1Cl)[C@H]1C[C@H]2CC[C@@H]1C2. The first kappa shape index (κ1) is 12.3. The quantitative estimate of drug-likeness (QED) is 0.858. The largest absolute Gasteiger partial charge is 0.325 e. The van der Waals surface area contributed by atoms with Crippen LogP contribution in [0.2, 0.25) is 10.0 Å². The average molecular weight is 284 g/mol. The third kappa shape index (κ3) is 2.24. The van der Waals surface area contributed by atoms with Gasteiger partial charge in [0, 0.05) is 10.9 Å². The Labute approximate surface area is 117 Å². The van der Waals surface area contributed by atoms with E-state index in [0.717, 1.165) is 12.3 Å². The van der Waals surface area contributed by atoms with Crippen LogP contribution >= 0.6 is 23.2 Å². The highest BCUT2D eigenvalue weighted by atomic mass is 35.5. The topological polar surface area (TPSA) is 29.1 Å². The zero-order chi connectivity index (χ0) is 12.7. The first-order chi connectivity index (χ1) is 8.63. The van der Waals surface area contributed by atoms with Gasteiger partial charge in [0.2, 0.25) is 5.91 Å². The number of hydrogen-bond donors (Lipinski definition) is 1. The molecule has 0 spiro atoms. The second kappa shape index (κ2) is 4.75. The molecule has 0 radical (unpaired) electrons. The first-order valence-electron chi connectivity index (χ1n) is 6.39. The Morgan fingerprint density at radius 1 is 1.22 bits per heavy atom. The standard InChI is InChI=1S/C14H15Cl2NO/c15-10-3-4-13(12(16)7-10)17-14(18)11-6-8-1-2-9(11)5-8/h3-4,7-9,11H,1-2,5-6H2,(H,17,18)/t8-,9+,11-/m0/s1. The lowest BCUT2D eigenvalue weighted by molar-refractivity contribution is -0.121. The second-order valence-electron chi connectivity index (χ2n) is 5.39. The van der Waals surface area contributed by atoms with Crippen LogP contribution in [0.3, 0.4) is 0 Å². The van der Waals surface area contributed by atoms with Gasteiger partial charge in [-0.05, 0) is 49.3 Å². The summed E-state index contributed by atoms with van der Waals surface area (Å²) in [5.41, 5.74) is 0.661. The number of benzene rings is 1. The molecule has 1 aromatic carbocycles. The van der Waals surface area contributed by atoms with Crippen molar-refractivity contribution in [3.05, 3.63) is 28.2 Å². The molecule has 2 aliphatic carbocycles. The average Bonchev–Trinajstić information content (AvgIpc) is 2.94. The Kier molecular flexibility index (Phi) is 3.25. The summed E-state index contributed by atoms with van der Waals surface area (Å²) < 4.78 is 0. The fourth-order valence-electron chi connectivity index (χ4n) is 3.38. The van der Waals surface area contributed by atoms with E-state index in [2.05, 4.69) is 5.32 Å². The summed E-state index contributed by atoms with van der Waals surface area (Å²) in [6.45, 7) is 0. The van der Waals surface area contributed by atoms with E-state index in [0.29, 0.717) is 21.7 Å². The minimum atomic E-state index is 0.117. The third-order valence-electron chi connectivity index (χ3n) is 4.26. The zero-order valence-corrected chi connectivity index (χ0v) is 11.5. The number of hydrogen-bond acceptors (Lipinski definition) is 1. The van der Waals surface area contributed by atoms with Crippen molar-refractivity contribution >= 4 is 34.8 Å². The van der Waals surface area contributed by atoms with Gasteiger partial charge in [-0.1, -0.05) is 29.6 Å². The van der Waals surface area contributed by atoms with E-state index >= 15 is 0 Å². The Bertz CT molecular complexity index is 489. The molecule has 0 heterocycles. The van der Waals surface area contributed by atoms with E-state index in [9.17, 15) is 4.79 Å². The Balaban J connectivity index is 1.71. The van der Waals surface area contributed by atoms with Crippen LogP contribution in [0.1, 0.15) is 25.7 Å². The van der Waals surface area contributed by atoms with Gasteiger partial charge in [0.15, 0.2) is 0 Å². The van der Waals surface area contributed by atoms with Crippen molar-refractivity contribution in [3.63, 3.8) is 0 Å². The minimum Gasteiger partial charge on any atom is -0.325 e. The van der Waals surface area contributed by atoms with Crippen LogP contribution in [-0.4, -0.2) is 5.91 Å². The highest BCUT2D eigenvalue weighted by molar-refractivity contribution is 6.36. The summed E-state index contributed by atoms with van der Waals surface area (Å²) in [6.07, 6.45) is 4.78. The van der Waals surface area contributed by atoms with Crippen LogP contribution in [0, 0.1) is 17.8 Å². The normalized spacial score (nSPS) is 29.6. The Morgan fingerprint density at radius 2 is 2.06 bits per heavy atom. The number of carbonyl (C=O) groups is 1. The molecule has 0 aromatic heterocycles. The molecule has 2 fully saturated rings. The lowest BCUT2D eigenvalue weighted by Crippen LogP contribution is -2.27. The van der Waals surface area contributed by atoms with Crippen molar-refractivity contribution in [3.8, 4) is 0 Å². The van der Waals surface area contributed by atoms with Crippen LogP contribution in [0.4, 0.5) is 5.69 Å². The molecule has 2 nitrogen and oxygen atoms in total. The number of rotatable bonds is 2. The molecule has 18 heavy (non-hydrogen) atoms. The summed E-state index contributed by atoms with van der Waals surface area (Å²) in [4.78, 5) is 12.2. The van der Waals surface area contributed by atoms with Crippen LogP contribution in [0.15, 0.2) is 18.2 Å². The van der Waals surface area contributed by atoms with Crippen molar-refractivity contribution in [2.75, 3.05) is 5.32 Å². The monoisotopic (exact) mass is 283 g/mol. The Morgan fingerprint density at radius 3 is 2.67 bits per heavy atom. The van der Waals surface area contributed by atoms with E-state index in [4.69, 9.17) is 23.2 Å². The Hall–Kier alpha value is -0.730. The summed E-state index contributed by atoms with van der Waals surface area (Å²) >= 11 is 11.9. The van der Waals surface area contributed by atoms with Crippen LogP contribution < -0.4 is 5.32 Å². The van der Waals surface area contributed by atoms with Gasteiger partial charge in [-0.25, -0.2) is 0 Å². The smallest absolute Gasteiger partial charge is 0.227 e. The van der Waals surface area contributed by atoms with Crippen molar-refractivity contribution < 1.29 is 4.79 Å². The molecule has 2 aliphatic rings. The van der Waals surface area contributed by atoms with Gasteiger partial charge >= 0.3 is 0 Å². The number of fused-ring (bicyclic) bond motifs is 2. The van der Waals surface area contributed by atoms with E-state index in [1.165, 1.54) is 19.3 Å². The number of anilines is 1. The number of halogens is 2. The highest BCUT2D eigenvalue weighted by Gasteiger charge is 2.43. The van der Waals surface area contributed by atoms with E-state index in [-0.39, 0.29) is 11.8 Å². The van der Waals surface area contributed by atoms with Gasteiger partial charge in [0.25, 0.3) is 0 Å². The van der Waals surface area contributed by atoms with Crippen molar-refractivity contribution in [1.82, 2.24) is 0 Å². The van der Waals surface area contributed by atoms with Crippen molar-refractivity contribution in [2.24, 2.45) is 17.8 Å². The molecule has 1 aromatic rings. The molecule has 1 amide bonds. The summed E-state index contributed by atoms with van der Waals surface area (Å²) in [5, 5.41) is 4.02. The summed E-state index contributed by atoms with van der Waals surface area (Å²) in [5.74, 6) is 1.65. The lowest BCUT2D eigenvalue weighted by Gasteiger charge is -2.21. The first-order valence-corrected chi connectivity index (χ1v) is 7.15. The predicted octanol–water partition coefficient (Wildman–Crippen LogP) is 4.37. The zero-order valence-electron chi connectivity index (χ0n) is 9.96. The van der Waals surface area contributed by atoms with Crippen LogP contribution in [0.5, 0.6) is 0 Å². The molecule has 0 saturated heterocycles. The maximum Gasteiger partial charge on any atom is 0.227 e. The molecule has 1 N–H and O–H groups in total. The molecule has 3 atom stereocenters. The molecule has 3 rings (SSSR count). The summed E-state index contributed by atoms with van der Waals surface area (Å²) in [6, 6.07) is 5.15. The van der Waals surface area contributed by atoms with Gasteiger partial charge in [0.05, 0.1) is 10.7 Å². The third-order valence-corrected chi connectivity index (χ3v) is 4.81. The van der Waals surface area contributed by atoms with Gasteiger partial charge in [0.1, 0.15) is 0 Å². The van der Waals surface area contributed by atoms with Crippen LogP contribution in [0.25, 0.3) is 0 Å². The molecular weight excluding hydrogens is 269 g/mol. The number of carbonyl (C=O) groups excluding carboxylic acids is 1. The fourth-order valence-corrected chi connectivity index (χ4v) is 3.84. The lowest BCUT2D eigenvalue weighted by atomic mass is 9.88. The summed E-state index contributed by atoms with van der Waals surface area (Å²) in [7, 11) is 0. The van der Waals surface area contributed by atoms with Gasteiger partial charge in [-0.3, -0.25) is 4.79 Å². The van der Waals surface area contributed by atoms with Crippen LogP contribution in [-0.2, 0) is 4.79 Å². The fraction of sp³-hybridized carbons (Fsp3) is 0.500. The van der Waals surface area contributed by atoms with E-state index in [1.807, 2.05) is 0 Å². The minimum absolute atomic E-state index is 0.117. The highest BCUT2D eigenvalue weighted by Crippen LogP contribution is 2.48. The molecule has 0 unspecified atom stereocenters. The second-order valence-corrected chi connectivity index (χ2v) is 6.24. The molecule has 4 heteroatoms. The number of nitrogens with one attached hydrogen (secondary N) is 1. The molecule has 0 aliphatic heterocycles. The predicted molar refractivity (Wildman–Crippen MR) is 74.0 cm³/mol. The maximum atomic E-state index is 12.2. The number of amides is 1. The molecular formula is C14H15Cl2NO. The molecule has 2 bridgehead atoms. The molecule has 96 valence electrons. The van der Waals surface area contributed by atoms with Gasteiger partial charge in [-0.15, -0.1) is 0 Å². The van der Waals surface area contributed by atoms with Crippen molar-refractivity contribution in [2.45, 2.75) is 25.7 Å².